The van der Waals surface area contributed by atoms with Crippen LogP contribution in [0.1, 0.15) is 44.6 Å². The van der Waals surface area contributed by atoms with E-state index < -0.39 is 26.1 Å². The highest BCUT2D eigenvalue weighted by atomic mass is 16.5. The molecule has 3 aliphatic rings. The lowest BCUT2D eigenvalue weighted by molar-refractivity contribution is -0.122. The fourth-order valence-electron chi connectivity index (χ4n) is 6.23. The highest BCUT2D eigenvalue weighted by Crippen LogP contribution is 2.51. The van der Waals surface area contributed by atoms with E-state index >= 15 is 0 Å². The summed E-state index contributed by atoms with van der Waals surface area (Å²) >= 11 is 0. The van der Waals surface area contributed by atoms with Gasteiger partial charge in [-0.3, -0.25) is 14.5 Å². The average Bonchev–Trinajstić information content (AvgIpc) is 3.43. The number of hydrogen-bond donors (Lipinski definition) is 4. The molecule has 3 heterocycles. The van der Waals surface area contributed by atoms with Gasteiger partial charge < -0.3 is 29.3 Å². The third-order valence-electron chi connectivity index (χ3n) is 7.91. The molecule has 0 unspecified atom stereocenters. The SMILES string of the molecule is CC1=C2[C@@H](CC/C(C)=C/c3ccc(CO)o3)OB(O)C[C@@H]2[C@@H]2C(=O)N(c3cccc(B(O)O)c3)C(=O)[C@@H]2C1. The molecule has 2 amide bonds. The van der Waals surface area contributed by atoms with Crippen LogP contribution < -0.4 is 10.4 Å². The Labute approximate surface area is 221 Å². The van der Waals surface area contributed by atoms with E-state index in [4.69, 9.17) is 9.07 Å². The topological polar surface area (TPSA) is 141 Å². The number of carbonyl (C=O) groups excluding carboxylic acids is 2. The lowest BCUT2D eigenvalue weighted by Gasteiger charge is -2.42. The summed E-state index contributed by atoms with van der Waals surface area (Å²) < 4.78 is 11.5. The van der Waals surface area contributed by atoms with Gasteiger partial charge in [-0.2, -0.15) is 0 Å². The van der Waals surface area contributed by atoms with Crippen molar-refractivity contribution in [2.45, 2.75) is 52.1 Å². The summed E-state index contributed by atoms with van der Waals surface area (Å²) in [6.07, 6.45) is 3.44. The predicted octanol–water partition coefficient (Wildman–Crippen LogP) is 1.66. The number of imide groups is 1. The lowest BCUT2D eigenvalue weighted by atomic mass is 9.59. The molecular formula is C27H31B2NO8. The molecule has 4 atom stereocenters. The summed E-state index contributed by atoms with van der Waals surface area (Å²) in [6, 6.07) is 9.67. The van der Waals surface area contributed by atoms with Gasteiger partial charge in [-0.15, -0.1) is 0 Å². The summed E-state index contributed by atoms with van der Waals surface area (Å²) in [4.78, 5) is 28.3. The zero-order valence-corrected chi connectivity index (χ0v) is 21.4. The van der Waals surface area contributed by atoms with Crippen molar-refractivity contribution in [2.24, 2.45) is 17.8 Å². The van der Waals surface area contributed by atoms with Gasteiger partial charge in [0.1, 0.15) is 18.1 Å². The first-order chi connectivity index (χ1) is 18.2. The number of anilines is 1. The summed E-state index contributed by atoms with van der Waals surface area (Å²) in [5, 5.41) is 39.0. The third-order valence-corrected chi connectivity index (χ3v) is 7.91. The molecule has 1 aromatic carbocycles. The van der Waals surface area contributed by atoms with E-state index in [0.29, 0.717) is 36.5 Å². The largest absolute Gasteiger partial charge is 0.488 e. The molecule has 0 spiro atoms. The molecule has 0 saturated carbocycles. The fraction of sp³-hybridized carbons (Fsp3) is 0.407. The van der Waals surface area contributed by atoms with Crippen molar-refractivity contribution in [3.05, 3.63) is 64.6 Å². The van der Waals surface area contributed by atoms with Crippen LogP contribution in [-0.2, 0) is 20.9 Å². The van der Waals surface area contributed by atoms with Crippen LogP contribution in [0.2, 0.25) is 6.32 Å². The molecule has 38 heavy (non-hydrogen) atoms. The average molecular weight is 519 g/mol. The van der Waals surface area contributed by atoms with Crippen molar-refractivity contribution in [2.75, 3.05) is 4.90 Å². The minimum Gasteiger partial charge on any atom is -0.459 e. The molecule has 9 nitrogen and oxygen atoms in total. The molecule has 5 rings (SSSR count). The normalized spacial score (nSPS) is 25.7. The van der Waals surface area contributed by atoms with Crippen molar-refractivity contribution in [1.82, 2.24) is 0 Å². The molecule has 1 aromatic heterocycles. The third kappa shape index (κ3) is 4.92. The second-order valence-corrected chi connectivity index (χ2v) is 10.5. The highest BCUT2D eigenvalue weighted by molar-refractivity contribution is 6.58. The maximum atomic E-state index is 13.7. The van der Waals surface area contributed by atoms with Crippen molar-refractivity contribution < 1.29 is 38.8 Å². The maximum Gasteiger partial charge on any atom is 0.488 e. The van der Waals surface area contributed by atoms with Crippen LogP contribution in [0.5, 0.6) is 0 Å². The van der Waals surface area contributed by atoms with Gasteiger partial charge in [0.25, 0.3) is 0 Å². The Morgan fingerprint density at radius 2 is 1.97 bits per heavy atom. The van der Waals surface area contributed by atoms with Gasteiger partial charge >= 0.3 is 14.2 Å². The summed E-state index contributed by atoms with van der Waals surface area (Å²) in [6.45, 7) is 3.79. The van der Waals surface area contributed by atoms with Gasteiger partial charge in [-0.1, -0.05) is 23.3 Å². The van der Waals surface area contributed by atoms with Crippen molar-refractivity contribution in [3.8, 4) is 0 Å². The second-order valence-electron chi connectivity index (χ2n) is 10.5. The first-order valence-corrected chi connectivity index (χ1v) is 12.9. The van der Waals surface area contributed by atoms with Gasteiger partial charge in [0.2, 0.25) is 11.8 Å². The number of furan rings is 1. The number of allylic oxidation sites excluding steroid dienone is 2. The van der Waals surface area contributed by atoms with Crippen molar-refractivity contribution >= 4 is 43.3 Å². The van der Waals surface area contributed by atoms with Gasteiger partial charge in [0, 0.05) is 0 Å². The van der Waals surface area contributed by atoms with E-state index in [1.54, 1.807) is 24.3 Å². The summed E-state index contributed by atoms with van der Waals surface area (Å²) in [5.74, 6) is -0.962. The van der Waals surface area contributed by atoms with E-state index in [-0.39, 0.29) is 42.2 Å². The molecule has 0 radical (unpaired) electrons. The van der Waals surface area contributed by atoms with Crippen LogP contribution >= 0.6 is 0 Å². The Bertz CT molecular complexity index is 1300. The molecule has 0 bridgehead atoms. The molecule has 11 heteroatoms. The Kier molecular flexibility index (Phi) is 7.48. The smallest absolute Gasteiger partial charge is 0.459 e. The summed E-state index contributed by atoms with van der Waals surface area (Å²) in [5.41, 5.74) is 3.55. The van der Waals surface area contributed by atoms with E-state index in [2.05, 4.69) is 0 Å². The van der Waals surface area contributed by atoms with Crippen LogP contribution in [0, 0.1) is 17.8 Å². The number of benzene rings is 1. The first-order valence-electron chi connectivity index (χ1n) is 12.9. The highest BCUT2D eigenvalue weighted by Gasteiger charge is 2.57. The van der Waals surface area contributed by atoms with Gasteiger partial charge in [0.15, 0.2) is 0 Å². The van der Waals surface area contributed by atoms with Crippen LogP contribution in [0.4, 0.5) is 5.69 Å². The van der Waals surface area contributed by atoms with Gasteiger partial charge in [-0.05, 0) is 86.7 Å². The standard InChI is InChI=1S/C27H31B2NO8/c1-15(10-19-7-8-20(14-31)37-19)6-9-23-24-16(2)11-21-25(22(24)13-28(34)38-23)27(33)30(26(21)32)18-5-3-4-17(12-18)29(35)36/h3-5,7-8,10,12,21-23,25,31,34-36H,6,9,11,13-14H2,1-2H3/b15-10+/t21-,22+,23-,25-/m1/s1. The molecule has 2 aromatic rings. The Balaban J connectivity index is 1.38. The minimum atomic E-state index is -1.71. The number of rotatable bonds is 7. The second kappa shape index (κ2) is 10.7. The minimum absolute atomic E-state index is 0.162. The van der Waals surface area contributed by atoms with E-state index in [0.717, 1.165) is 21.6 Å². The molecule has 2 aliphatic heterocycles. The maximum absolute atomic E-state index is 13.7. The van der Waals surface area contributed by atoms with E-state index in [9.17, 15) is 29.8 Å². The van der Waals surface area contributed by atoms with Crippen LogP contribution in [0.15, 0.2) is 57.5 Å². The van der Waals surface area contributed by atoms with E-state index in [1.807, 2.05) is 19.9 Å². The molecule has 2 saturated heterocycles. The Morgan fingerprint density at radius 3 is 2.68 bits per heavy atom. The fourth-order valence-corrected chi connectivity index (χ4v) is 6.23. The number of nitrogens with zero attached hydrogens (tertiary/aromatic N) is 1. The molecular weight excluding hydrogens is 488 g/mol. The molecule has 198 valence electrons. The number of aliphatic hydroxyl groups excluding tert-OH is 1. The van der Waals surface area contributed by atoms with Crippen molar-refractivity contribution in [3.63, 3.8) is 0 Å². The van der Waals surface area contributed by atoms with Crippen molar-refractivity contribution in [1.29, 1.82) is 0 Å². The molecule has 4 N–H and O–H groups in total. The zero-order valence-electron chi connectivity index (χ0n) is 21.4. The van der Waals surface area contributed by atoms with Crippen LogP contribution in [0.25, 0.3) is 6.08 Å². The van der Waals surface area contributed by atoms with E-state index in [1.165, 1.54) is 12.1 Å². The lowest BCUT2D eigenvalue weighted by Crippen LogP contribution is -2.46. The molecule has 1 aliphatic carbocycles. The Hall–Kier alpha value is -2.95. The number of hydrogen-bond acceptors (Lipinski definition) is 8. The summed E-state index contributed by atoms with van der Waals surface area (Å²) in [7, 11) is -2.76. The number of carbonyl (C=O) groups is 2. The monoisotopic (exact) mass is 519 g/mol. The van der Waals surface area contributed by atoms with Crippen LogP contribution in [0.3, 0.4) is 0 Å². The van der Waals surface area contributed by atoms with Gasteiger partial charge in [0.05, 0.1) is 23.6 Å². The molecule has 2 fully saturated rings. The predicted molar refractivity (Wildman–Crippen MR) is 142 cm³/mol. The number of fused-ring (bicyclic) bond motifs is 3. The van der Waals surface area contributed by atoms with Gasteiger partial charge in [-0.25, -0.2) is 0 Å². The Morgan fingerprint density at radius 1 is 1.18 bits per heavy atom. The quantitative estimate of drug-likeness (QED) is 0.246. The number of amides is 2. The van der Waals surface area contributed by atoms with Crippen LogP contribution in [-0.4, -0.2) is 52.3 Å². The number of aliphatic hydroxyl groups is 1. The first kappa shape index (κ1) is 26.6. The zero-order chi connectivity index (χ0) is 27.1.